The van der Waals surface area contributed by atoms with E-state index < -0.39 is 37.6 Å². The maximum Gasteiger partial charge on any atom is 3.00 e. The number of hydrogen-bond acceptors (Lipinski definition) is 9. The smallest absolute Gasteiger partial charge is 0.736 e. The molecule has 0 amide bonds. The monoisotopic (exact) mass is 473 g/mol. The van der Waals surface area contributed by atoms with E-state index in [4.69, 9.17) is 38.9 Å². The second-order valence-electron chi connectivity index (χ2n) is 1.73. The Bertz CT molecular complexity index is 402. The molecule has 0 saturated heterocycles. The number of hydrogen-bond donors (Lipinski definition) is 3. The van der Waals surface area contributed by atoms with Crippen LogP contribution in [0.2, 0.25) is 0 Å². The minimum absolute atomic E-state index is 0. The fourth-order valence-electron chi connectivity index (χ4n) is 0. The SMILES string of the molecule is FC(F)F.NS(=O)(=O)[O-].NS(=O)(=O)[O-].NS(=O)(=O)[O-].[In+3]. The van der Waals surface area contributed by atoms with Gasteiger partial charge in [-0.3, -0.25) is 0 Å². The van der Waals surface area contributed by atoms with Gasteiger partial charge in [0.05, 0.1) is 0 Å². The van der Waals surface area contributed by atoms with Gasteiger partial charge in [-0.15, -0.1) is 0 Å². The molecule has 0 atom stereocenters. The van der Waals surface area contributed by atoms with Gasteiger partial charge in [-0.1, -0.05) is 0 Å². The van der Waals surface area contributed by atoms with Gasteiger partial charge in [-0.2, -0.15) is 13.2 Å². The van der Waals surface area contributed by atoms with Crippen molar-refractivity contribution in [2.45, 2.75) is 6.68 Å². The maximum absolute atomic E-state index is 9.67. The van der Waals surface area contributed by atoms with E-state index in [1.165, 1.54) is 0 Å². The second-order valence-corrected chi connectivity index (χ2v) is 4.68. The van der Waals surface area contributed by atoms with Crippen LogP contribution in [-0.2, 0) is 30.9 Å². The van der Waals surface area contributed by atoms with Gasteiger partial charge in [0, 0.05) is 0 Å². The summed E-state index contributed by atoms with van der Waals surface area (Å²) in [6.45, 7) is -3.67. The molecule has 0 spiro atoms. The average Bonchev–Trinajstić information content (AvgIpc) is 1.66. The number of halogens is 3. The topological polar surface area (TPSA) is 250 Å². The van der Waals surface area contributed by atoms with E-state index in [0.29, 0.717) is 0 Å². The number of alkyl halides is 3. The molecule has 0 bridgehead atoms. The fraction of sp³-hybridized carbons (Fsp3) is 1.00. The third-order valence-electron chi connectivity index (χ3n) is 0. The first-order valence-electron chi connectivity index (χ1n) is 2.86. The van der Waals surface area contributed by atoms with Gasteiger partial charge in [0.25, 0.3) is 0 Å². The molecule has 0 aliphatic heterocycles. The first-order valence-corrected chi connectivity index (χ1v) is 7.28. The van der Waals surface area contributed by atoms with E-state index >= 15 is 0 Å². The molecular weight excluding hydrogens is 466 g/mol. The molecule has 0 aromatic rings. The zero-order valence-corrected chi connectivity index (χ0v) is 14.7. The van der Waals surface area contributed by atoms with Crippen LogP contribution in [0.1, 0.15) is 0 Å². The Morgan fingerprint density at radius 1 is 0.650 bits per heavy atom. The molecule has 0 heterocycles. The quantitative estimate of drug-likeness (QED) is 0.290. The van der Waals surface area contributed by atoms with Crippen molar-refractivity contribution in [3.8, 4) is 0 Å². The van der Waals surface area contributed by atoms with Crippen LogP contribution in [0.4, 0.5) is 13.2 Å². The fourth-order valence-corrected chi connectivity index (χ4v) is 0. The Morgan fingerprint density at radius 3 is 0.650 bits per heavy atom. The van der Waals surface area contributed by atoms with Crippen molar-refractivity contribution in [3.05, 3.63) is 0 Å². The van der Waals surface area contributed by atoms with Crippen LogP contribution < -0.4 is 15.4 Å². The number of nitrogens with two attached hydrogens (primary N) is 3. The van der Waals surface area contributed by atoms with Gasteiger partial charge < -0.3 is 13.7 Å². The zero-order valence-electron chi connectivity index (χ0n) is 8.92. The van der Waals surface area contributed by atoms with Gasteiger partial charge >= 0.3 is 32.5 Å². The molecule has 122 valence electrons. The summed E-state index contributed by atoms with van der Waals surface area (Å²) in [5, 5.41) is 11.3. The Hall–Kier alpha value is 0.270. The molecule has 19 heteroatoms. The van der Waals surface area contributed by atoms with Gasteiger partial charge in [0.2, 0.25) is 0 Å². The number of rotatable bonds is 0. The zero-order chi connectivity index (χ0) is 17.1. The summed E-state index contributed by atoms with van der Waals surface area (Å²) in [6, 6.07) is 0. The molecule has 0 unspecified atom stereocenters. The van der Waals surface area contributed by atoms with E-state index in [-0.39, 0.29) is 25.8 Å². The third-order valence-corrected chi connectivity index (χ3v) is 0. The molecule has 0 radical (unpaired) electrons. The minimum atomic E-state index is -4.42. The van der Waals surface area contributed by atoms with Crippen LogP contribution in [0.3, 0.4) is 0 Å². The first-order chi connectivity index (χ1) is 7.73. The molecule has 6 N–H and O–H groups in total. The predicted molar refractivity (Wildman–Crippen MR) is 54.5 cm³/mol. The van der Waals surface area contributed by atoms with Crippen molar-refractivity contribution in [2.75, 3.05) is 0 Å². The van der Waals surface area contributed by atoms with E-state index in [9.17, 15) is 13.2 Å². The summed E-state index contributed by atoms with van der Waals surface area (Å²) < 4.78 is 109. The van der Waals surface area contributed by atoms with Crippen molar-refractivity contribution in [2.24, 2.45) is 15.4 Å². The van der Waals surface area contributed by atoms with Gasteiger partial charge in [0.15, 0.2) is 30.9 Å². The summed E-state index contributed by atoms with van der Waals surface area (Å²) >= 11 is 0. The summed E-state index contributed by atoms with van der Waals surface area (Å²) in [6.07, 6.45) is 0. The van der Waals surface area contributed by atoms with Crippen molar-refractivity contribution in [1.82, 2.24) is 0 Å². The van der Waals surface area contributed by atoms with Gasteiger partial charge in [-0.05, 0) is 0 Å². The Balaban J connectivity index is -0.0000000494. The molecular formula is CH7F3InN3O9S3. The van der Waals surface area contributed by atoms with Crippen LogP contribution in [0.25, 0.3) is 0 Å². The van der Waals surface area contributed by atoms with E-state index in [2.05, 4.69) is 15.4 Å². The van der Waals surface area contributed by atoms with Crippen LogP contribution in [0.15, 0.2) is 0 Å². The molecule has 0 saturated carbocycles. The largest absolute Gasteiger partial charge is 3.00 e. The van der Waals surface area contributed by atoms with E-state index in [1.54, 1.807) is 0 Å². The first kappa shape index (κ1) is 32.3. The molecule has 20 heavy (non-hydrogen) atoms. The molecule has 0 aliphatic rings. The van der Waals surface area contributed by atoms with Crippen LogP contribution in [0.5, 0.6) is 0 Å². The Morgan fingerprint density at radius 2 is 0.650 bits per heavy atom. The normalized spacial score (nSPS) is 10.5. The summed E-state index contributed by atoms with van der Waals surface area (Å²) in [4.78, 5) is 0. The van der Waals surface area contributed by atoms with E-state index in [1.807, 2.05) is 0 Å². The van der Waals surface area contributed by atoms with Gasteiger partial charge in [0.1, 0.15) is 0 Å². The van der Waals surface area contributed by atoms with Crippen LogP contribution >= 0.6 is 0 Å². The van der Waals surface area contributed by atoms with Crippen molar-refractivity contribution >= 4 is 56.8 Å². The van der Waals surface area contributed by atoms with Crippen LogP contribution in [-0.4, -0.2) is 71.4 Å². The Kier molecular flexibility index (Phi) is 22.9. The van der Waals surface area contributed by atoms with Gasteiger partial charge in [-0.25, -0.2) is 40.7 Å². The summed E-state index contributed by atoms with van der Waals surface area (Å²) in [5.74, 6) is 0. The molecule has 0 rings (SSSR count). The van der Waals surface area contributed by atoms with E-state index in [0.717, 1.165) is 0 Å². The molecule has 0 aliphatic carbocycles. The molecule has 0 aromatic carbocycles. The van der Waals surface area contributed by atoms with Crippen LogP contribution in [0, 0.1) is 0 Å². The molecule has 0 fully saturated rings. The molecule has 0 aromatic heterocycles. The van der Waals surface area contributed by atoms with Crippen molar-refractivity contribution in [1.29, 1.82) is 0 Å². The molecule has 12 nitrogen and oxygen atoms in total. The predicted octanol–water partition coefficient (Wildman–Crippen LogP) is -3.99. The van der Waals surface area contributed by atoms with Crippen molar-refractivity contribution in [3.63, 3.8) is 0 Å². The summed E-state index contributed by atoms with van der Waals surface area (Å²) in [7, 11) is -13.2. The second kappa shape index (κ2) is 14.2. The maximum atomic E-state index is 9.67. The standard InChI is InChI=1S/CHF3.In.3H3NO3S/c2-1(3)4;;3*1-5(2,3)4/h1H;;3*(H3,1,2,3,4)/q;+3;;;/p-3. The summed E-state index contributed by atoms with van der Waals surface area (Å²) in [5.41, 5.74) is 0. The third kappa shape index (κ3) is 74700. The average molecular weight is 473 g/mol. The Labute approximate surface area is 130 Å². The van der Waals surface area contributed by atoms with Crippen molar-refractivity contribution < 1.29 is 52.1 Å². The minimum Gasteiger partial charge on any atom is -0.736 e.